The van der Waals surface area contributed by atoms with E-state index in [9.17, 15) is 4.79 Å². The summed E-state index contributed by atoms with van der Waals surface area (Å²) in [6.07, 6.45) is 1.91. The number of carbonyl (C=O) groups excluding carboxylic acids is 1. The van der Waals surface area contributed by atoms with E-state index in [2.05, 4.69) is 0 Å². The average Bonchev–Trinajstić information content (AvgIpc) is 2.35. The maximum absolute atomic E-state index is 11.8. The van der Waals surface area contributed by atoms with Crippen molar-refractivity contribution < 1.29 is 31.0 Å². The number of likely N-dealkylation sites (N-methyl/N-ethyl adjacent to an activating group) is 1. The van der Waals surface area contributed by atoms with Crippen LogP contribution in [0.4, 0.5) is 0 Å². The molecule has 0 heterocycles. The second-order valence-electron chi connectivity index (χ2n) is 5.21. The lowest BCUT2D eigenvalue weighted by Crippen LogP contribution is -3.00. The summed E-state index contributed by atoms with van der Waals surface area (Å²) >= 11 is 5.80. The molecule has 0 aliphatic rings. The zero-order valence-corrected chi connectivity index (χ0v) is 14.4. The zero-order chi connectivity index (χ0) is 14.3. The second-order valence-corrected chi connectivity index (χ2v) is 5.81. The molecule has 20 heavy (non-hydrogen) atoms. The summed E-state index contributed by atoms with van der Waals surface area (Å²) in [7, 11) is 3.94. The number of quaternary nitrogens is 1. The van der Waals surface area contributed by atoms with Crippen molar-refractivity contribution in [2.24, 2.45) is 0 Å². The Hall–Kier alpha value is -0.840. The largest absolute Gasteiger partial charge is 1.00 e. The lowest BCUT2D eigenvalue weighted by Gasteiger charge is -2.27. The summed E-state index contributed by atoms with van der Waals surface area (Å²) < 4.78 is 5.79. The van der Waals surface area contributed by atoms with Crippen LogP contribution in [0.25, 0.3) is 0 Å². The maximum Gasteiger partial charge on any atom is 0.362 e. The molecule has 3 nitrogen and oxygen atoms in total. The number of ether oxygens (including phenoxy) is 1. The predicted molar refractivity (Wildman–Crippen MR) is 77.7 cm³/mol. The van der Waals surface area contributed by atoms with E-state index in [4.69, 9.17) is 16.3 Å². The van der Waals surface area contributed by atoms with Gasteiger partial charge in [0.2, 0.25) is 0 Å². The van der Waals surface area contributed by atoms with Crippen LogP contribution in [-0.4, -0.2) is 37.6 Å². The third kappa shape index (κ3) is 8.35. The van der Waals surface area contributed by atoms with Crippen LogP contribution in [0.2, 0.25) is 0 Å². The fraction of sp³-hybridized carbons (Fsp3) is 0.400. The highest BCUT2D eigenvalue weighted by Gasteiger charge is 2.19. The third-order valence-corrected chi connectivity index (χ3v) is 2.82. The summed E-state index contributed by atoms with van der Waals surface area (Å²) in [4.78, 5) is 11.8. The van der Waals surface area contributed by atoms with E-state index >= 15 is 0 Å². The molecule has 0 N–H and O–H groups in total. The Labute approximate surface area is 136 Å². The molecule has 0 fully saturated rings. The van der Waals surface area contributed by atoms with Gasteiger partial charge >= 0.3 is 5.97 Å². The molecule has 0 aromatic heterocycles. The van der Waals surface area contributed by atoms with E-state index in [1.165, 1.54) is 0 Å². The van der Waals surface area contributed by atoms with Gasteiger partial charge in [0, 0.05) is 5.03 Å². The number of rotatable bonds is 6. The minimum Gasteiger partial charge on any atom is -1.00 e. The molecule has 1 aromatic carbocycles. The van der Waals surface area contributed by atoms with Crippen molar-refractivity contribution >= 4 is 17.6 Å². The van der Waals surface area contributed by atoms with Crippen molar-refractivity contribution in [2.45, 2.75) is 13.5 Å². The van der Waals surface area contributed by atoms with Crippen LogP contribution >= 0.6 is 11.6 Å². The van der Waals surface area contributed by atoms with E-state index in [-0.39, 0.29) is 23.0 Å². The van der Waals surface area contributed by atoms with E-state index in [1.807, 2.05) is 57.4 Å². The number of esters is 1. The Morgan fingerprint density at radius 1 is 1.30 bits per heavy atom. The molecule has 1 rings (SSSR count). The lowest BCUT2D eigenvalue weighted by molar-refractivity contribution is -0.877. The average molecular weight is 363 g/mol. The summed E-state index contributed by atoms with van der Waals surface area (Å²) in [5.41, 5.74) is 0.998. The number of hydrogen-bond acceptors (Lipinski definition) is 2. The van der Waals surface area contributed by atoms with E-state index < -0.39 is 0 Å². The molecule has 0 radical (unpaired) electrons. The predicted octanol–water partition coefficient (Wildman–Crippen LogP) is -0.0472. The highest BCUT2D eigenvalue weighted by molar-refractivity contribution is 6.29. The molecular formula is C15H21BrClNO2. The summed E-state index contributed by atoms with van der Waals surface area (Å²) in [5, 5.41) is 0.740. The molecule has 0 spiro atoms. The van der Waals surface area contributed by atoms with Gasteiger partial charge < -0.3 is 26.2 Å². The van der Waals surface area contributed by atoms with E-state index in [1.54, 1.807) is 0 Å². The Kier molecular flexibility index (Phi) is 8.78. The van der Waals surface area contributed by atoms with Gasteiger partial charge in [-0.3, -0.25) is 0 Å². The Bertz CT molecular complexity index is 442. The maximum atomic E-state index is 11.8. The van der Waals surface area contributed by atoms with E-state index in [0.29, 0.717) is 24.2 Å². The number of halogens is 2. The summed E-state index contributed by atoms with van der Waals surface area (Å²) in [5.74, 6) is -0.200. The van der Waals surface area contributed by atoms with Gasteiger partial charge in [-0.25, -0.2) is 4.79 Å². The van der Waals surface area contributed by atoms with Crippen molar-refractivity contribution in [1.29, 1.82) is 0 Å². The SMILES string of the molecule is C/C(Cl)=C/C[N+](C)(C)CC(=O)OCc1ccccc1.[Br-]. The number of hydrogen-bond donors (Lipinski definition) is 0. The highest BCUT2D eigenvalue weighted by atomic mass is 79.9. The molecule has 1 aromatic rings. The first-order chi connectivity index (χ1) is 8.89. The molecule has 0 amide bonds. The van der Waals surface area contributed by atoms with Crippen molar-refractivity contribution in [3.63, 3.8) is 0 Å². The number of nitrogens with zero attached hydrogens (tertiary/aromatic N) is 1. The minimum absolute atomic E-state index is 0. The number of carbonyl (C=O) groups is 1. The monoisotopic (exact) mass is 361 g/mol. The smallest absolute Gasteiger partial charge is 0.362 e. The quantitative estimate of drug-likeness (QED) is 0.524. The first kappa shape index (κ1) is 19.2. The standard InChI is InChI=1S/C15H21ClNO2.BrH/c1-13(16)9-10-17(2,3)11-15(18)19-12-14-7-5-4-6-8-14;/h4-9H,10-12H2,1-3H3;1H/q+1;/p-1/b13-9-;. The number of allylic oxidation sites excluding steroid dienone is 1. The topological polar surface area (TPSA) is 26.3 Å². The van der Waals surface area contributed by atoms with E-state index in [0.717, 1.165) is 10.6 Å². The molecule has 5 heteroatoms. The first-order valence-corrected chi connectivity index (χ1v) is 6.61. The minimum atomic E-state index is -0.200. The van der Waals surface area contributed by atoms with Crippen LogP contribution in [-0.2, 0) is 16.1 Å². The van der Waals surface area contributed by atoms with Crippen molar-refractivity contribution in [1.82, 2.24) is 0 Å². The van der Waals surface area contributed by atoms with Crippen LogP contribution in [0.3, 0.4) is 0 Å². The van der Waals surface area contributed by atoms with Crippen molar-refractivity contribution in [3.05, 3.63) is 47.0 Å². The van der Waals surface area contributed by atoms with Gasteiger partial charge in [0.1, 0.15) is 6.61 Å². The van der Waals surface area contributed by atoms with Gasteiger partial charge in [0.05, 0.1) is 20.6 Å². The van der Waals surface area contributed by atoms with Crippen LogP contribution in [0, 0.1) is 0 Å². The molecule has 0 bridgehead atoms. The Morgan fingerprint density at radius 2 is 1.90 bits per heavy atom. The molecule has 0 atom stereocenters. The molecule has 112 valence electrons. The normalized spacial score (nSPS) is 11.7. The third-order valence-electron chi connectivity index (χ3n) is 2.67. The van der Waals surface area contributed by atoms with Gasteiger partial charge in [-0.05, 0) is 18.6 Å². The summed E-state index contributed by atoms with van der Waals surface area (Å²) in [6.45, 7) is 3.18. The van der Waals surface area contributed by atoms with Gasteiger partial charge in [-0.1, -0.05) is 41.9 Å². The van der Waals surface area contributed by atoms with Crippen molar-refractivity contribution in [3.8, 4) is 0 Å². The molecular weight excluding hydrogens is 342 g/mol. The van der Waals surface area contributed by atoms with Crippen LogP contribution in [0.15, 0.2) is 41.4 Å². The van der Waals surface area contributed by atoms with Gasteiger partial charge in [-0.2, -0.15) is 0 Å². The van der Waals surface area contributed by atoms with Gasteiger partial charge in [0.25, 0.3) is 0 Å². The molecule has 0 saturated heterocycles. The molecule has 0 saturated carbocycles. The van der Waals surface area contributed by atoms with Gasteiger partial charge in [0.15, 0.2) is 6.54 Å². The van der Waals surface area contributed by atoms with Crippen LogP contribution in [0.1, 0.15) is 12.5 Å². The molecule has 0 unspecified atom stereocenters. The van der Waals surface area contributed by atoms with Crippen LogP contribution in [0.5, 0.6) is 0 Å². The van der Waals surface area contributed by atoms with Crippen molar-refractivity contribution in [2.75, 3.05) is 27.2 Å². The Morgan fingerprint density at radius 3 is 2.45 bits per heavy atom. The molecule has 0 aliphatic carbocycles. The molecule has 0 aliphatic heterocycles. The second kappa shape index (κ2) is 9.16. The lowest BCUT2D eigenvalue weighted by atomic mass is 10.2. The fourth-order valence-corrected chi connectivity index (χ4v) is 1.64. The fourth-order valence-electron chi connectivity index (χ4n) is 1.57. The summed E-state index contributed by atoms with van der Waals surface area (Å²) in [6, 6.07) is 9.67. The Balaban J connectivity index is 0.00000361. The zero-order valence-electron chi connectivity index (χ0n) is 12.1. The first-order valence-electron chi connectivity index (χ1n) is 6.23. The van der Waals surface area contributed by atoms with Crippen LogP contribution < -0.4 is 17.0 Å². The number of benzene rings is 1. The highest BCUT2D eigenvalue weighted by Crippen LogP contribution is 2.05. The van der Waals surface area contributed by atoms with Gasteiger partial charge in [-0.15, -0.1) is 0 Å².